The molecule has 0 radical (unpaired) electrons. The van der Waals surface area contributed by atoms with Crippen LogP contribution in [0.4, 0.5) is 0 Å². The molecule has 7 heteroatoms. The fourth-order valence-electron chi connectivity index (χ4n) is 2.18. The number of fused-ring (bicyclic) bond motifs is 1. The van der Waals surface area contributed by atoms with E-state index in [1.807, 2.05) is 31.2 Å². The summed E-state index contributed by atoms with van der Waals surface area (Å²) in [7, 11) is -3.70. The Balaban J connectivity index is 1.86. The number of benzene rings is 2. The molecule has 1 N–H and O–H groups in total. The van der Waals surface area contributed by atoms with Gasteiger partial charge in [-0.2, -0.15) is 13.5 Å². The lowest BCUT2D eigenvalue weighted by atomic mass is 10.1. The topological polar surface area (TPSA) is 71.4 Å². The minimum absolute atomic E-state index is 0.139. The lowest BCUT2D eigenvalue weighted by Crippen LogP contribution is -2.18. The highest BCUT2D eigenvalue weighted by Gasteiger charge is 2.11. The molecule has 3 aromatic rings. The van der Waals surface area contributed by atoms with Crippen LogP contribution in [0.5, 0.6) is 0 Å². The van der Waals surface area contributed by atoms with E-state index < -0.39 is 10.0 Å². The molecule has 1 heterocycles. The van der Waals surface area contributed by atoms with E-state index >= 15 is 0 Å². The zero-order valence-electron chi connectivity index (χ0n) is 12.8. The van der Waals surface area contributed by atoms with Gasteiger partial charge < -0.3 is 0 Å². The van der Waals surface area contributed by atoms with Gasteiger partial charge in [0.2, 0.25) is 0 Å². The smallest absolute Gasteiger partial charge is 0.235 e. The Morgan fingerprint density at radius 2 is 1.88 bits per heavy atom. The van der Waals surface area contributed by atoms with Gasteiger partial charge in [0.15, 0.2) is 0 Å². The molecule has 0 fully saturated rings. The van der Waals surface area contributed by atoms with Gasteiger partial charge >= 0.3 is 0 Å². The number of pyridine rings is 1. The monoisotopic (exact) mass is 359 g/mol. The predicted molar refractivity (Wildman–Crippen MR) is 95.8 cm³/mol. The van der Waals surface area contributed by atoms with Crippen molar-refractivity contribution in [3.05, 3.63) is 70.9 Å². The molecule has 3 rings (SSSR count). The average molecular weight is 360 g/mol. The zero-order chi connectivity index (χ0) is 17.2. The first-order chi connectivity index (χ1) is 11.5. The van der Waals surface area contributed by atoms with Crippen molar-refractivity contribution in [3.8, 4) is 0 Å². The average Bonchev–Trinajstić information content (AvgIpc) is 2.56. The first kappa shape index (κ1) is 16.4. The highest BCUT2D eigenvalue weighted by Crippen LogP contribution is 2.20. The van der Waals surface area contributed by atoms with Crippen LogP contribution in [0.15, 0.2) is 64.6 Å². The minimum Gasteiger partial charge on any atom is -0.235 e. The third-order valence-electron chi connectivity index (χ3n) is 3.38. The Kier molecular flexibility index (Phi) is 4.51. The van der Waals surface area contributed by atoms with Crippen molar-refractivity contribution < 1.29 is 8.42 Å². The Bertz CT molecular complexity index is 1020. The van der Waals surface area contributed by atoms with E-state index in [1.165, 1.54) is 18.3 Å². The van der Waals surface area contributed by atoms with Crippen LogP contribution < -0.4 is 4.83 Å². The molecule has 0 atom stereocenters. The lowest BCUT2D eigenvalue weighted by Gasteiger charge is -2.04. The van der Waals surface area contributed by atoms with E-state index in [0.717, 1.165) is 16.5 Å². The molecule has 0 unspecified atom stereocenters. The molecule has 0 amide bonds. The predicted octanol–water partition coefficient (Wildman–Crippen LogP) is 3.51. The van der Waals surface area contributed by atoms with Gasteiger partial charge in [-0.25, -0.2) is 9.82 Å². The SMILES string of the molecule is Cc1ccc2cc(/C=N\NS(=O)(=O)c3ccccc3)c(Cl)nc2c1. The van der Waals surface area contributed by atoms with Gasteiger partial charge in [-0.05, 0) is 36.8 Å². The van der Waals surface area contributed by atoms with Crippen molar-refractivity contribution in [2.75, 3.05) is 0 Å². The standard InChI is InChI=1S/C17H14ClN3O2S/c1-12-7-8-13-10-14(17(18)20-16(13)9-12)11-19-21-24(22,23)15-5-3-2-4-6-15/h2-11,21H,1H3/b19-11-. The number of hydrazone groups is 1. The minimum atomic E-state index is -3.70. The molecule has 24 heavy (non-hydrogen) atoms. The Labute approximate surface area is 145 Å². The third-order valence-corrected chi connectivity index (χ3v) is 4.93. The summed E-state index contributed by atoms with van der Waals surface area (Å²) in [5.41, 5.74) is 2.40. The molecule has 122 valence electrons. The third kappa shape index (κ3) is 3.55. The van der Waals surface area contributed by atoms with E-state index in [-0.39, 0.29) is 10.0 Å². The molecule has 0 spiro atoms. The van der Waals surface area contributed by atoms with Crippen molar-refractivity contribution in [3.63, 3.8) is 0 Å². The van der Waals surface area contributed by atoms with Crippen molar-refractivity contribution >= 4 is 38.7 Å². The van der Waals surface area contributed by atoms with Crippen LogP contribution in [0, 0.1) is 6.92 Å². The molecule has 1 aromatic heterocycles. The highest BCUT2D eigenvalue weighted by atomic mass is 35.5. The zero-order valence-corrected chi connectivity index (χ0v) is 14.3. The van der Waals surface area contributed by atoms with E-state index in [1.54, 1.807) is 18.2 Å². The summed E-state index contributed by atoms with van der Waals surface area (Å²) in [5, 5.41) is 4.95. The van der Waals surface area contributed by atoms with Crippen LogP contribution in [-0.4, -0.2) is 19.6 Å². The number of hydrogen-bond donors (Lipinski definition) is 1. The van der Waals surface area contributed by atoms with Crippen LogP contribution in [0.3, 0.4) is 0 Å². The first-order valence-corrected chi connectivity index (χ1v) is 8.99. The second-order valence-electron chi connectivity index (χ2n) is 5.23. The molecule has 0 saturated heterocycles. The summed E-state index contributed by atoms with van der Waals surface area (Å²) in [6.45, 7) is 1.97. The maximum atomic E-state index is 12.1. The van der Waals surface area contributed by atoms with Crippen molar-refractivity contribution in [1.82, 2.24) is 9.82 Å². The molecule has 0 aliphatic rings. The Morgan fingerprint density at radius 3 is 2.62 bits per heavy atom. The Hall–Kier alpha value is -2.44. The van der Waals surface area contributed by atoms with Gasteiger partial charge in [0.1, 0.15) is 5.15 Å². The highest BCUT2D eigenvalue weighted by molar-refractivity contribution is 7.89. The quantitative estimate of drug-likeness (QED) is 0.440. The number of rotatable bonds is 4. The molecule has 0 bridgehead atoms. The molecule has 0 aliphatic carbocycles. The maximum Gasteiger partial charge on any atom is 0.276 e. The number of aryl methyl sites for hydroxylation is 1. The van der Waals surface area contributed by atoms with Gasteiger partial charge in [0.25, 0.3) is 10.0 Å². The largest absolute Gasteiger partial charge is 0.276 e. The molecule has 2 aromatic carbocycles. The van der Waals surface area contributed by atoms with Crippen molar-refractivity contribution in [1.29, 1.82) is 0 Å². The van der Waals surface area contributed by atoms with E-state index in [0.29, 0.717) is 5.56 Å². The summed E-state index contributed by atoms with van der Waals surface area (Å²) in [4.78, 5) is 6.61. The number of hydrogen-bond acceptors (Lipinski definition) is 4. The van der Waals surface area contributed by atoms with E-state index in [2.05, 4.69) is 14.9 Å². The summed E-state index contributed by atoms with van der Waals surface area (Å²) >= 11 is 6.14. The van der Waals surface area contributed by atoms with E-state index in [4.69, 9.17) is 11.6 Å². The molecular formula is C17H14ClN3O2S. The van der Waals surface area contributed by atoms with Gasteiger partial charge in [0.05, 0.1) is 16.6 Å². The summed E-state index contributed by atoms with van der Waals surface area (Å²) < 4.78 is 24.2. The number of sulfonamides is 1. The van der Waals surface area contributed by atoms with Crippen LogP contribution in [0.2, 0.25) is 5.15 Å². The van der Waals surface area contributed by atoms with Crippen molar-refractivity contribution in [2.45, 2.75) is 11.8 Å². The number of nitrogens with one attached hydrogen (secondary N) is 1. The van der Waals surface area contributed by atoms with Crippen LogP contribution in [0.25, 0.3) is 10.9 Å². The summed E-state index contributed by atoms with van der Waals surface area (Å²) in [6, 6.07) is 15.6. The second kappa shape index (κ2) is 6.59. The maximum absolute atomic E-state index is 12.1. The van der Waals surface area contributed by atoms with Gasteiger partial charge in [-0.3, -0.25) is 0 Å². The Morgan fingerprint density at radius 1 is 1.12 bits per heavy atom. The fraction of sp³-hybridized carbons (Fsp3) is 0.0588. The molecule has 0 saturated carbocycles. The summed E-state index contributed by atoms with van der Waals surface area (Å²) in [5.74, 6) is 0. The lowest BCUT2D eigenvalue weighted by molar-refractivity contribution is 0.584. The summed E-state index contributed by atoms with van der Waals surface area (Å²) in [6.07, 6.45) is 1.34. The number of aromatic nitrogens is 1. The van der Waals surface area contributed by atoms with Gasteiger partial charge in [-0.1, -0.05) is 41.9 Å². The van der Waals surface area contributed by atoms with Crippen molar-refractivity contribution in [2.24, 2.45) is 5.10 Å². The van der Waals surface area contributed by atoms with Crippen LogP contribution in [0.1, 0.15) is 11.1 Å². The molecule has 5 nitrogen and oxygen atoms in total. The van der Waals surface area contributed by atoms with Gasteiger partial charge in [-0.15, -0.1) is 0 Å². The fourth-order valence-corrected chi connectivity index (χ4v) is 3.18. The normalized spacial score (nSPS) is 11.9. The molecular weight excluding hydrogens is 346 g/mol. The van der Waals surface area contributed by atoms with Gasteiger partial charge in [0, 0.05) is 10.9 Å². The van der Waals surface area contributed by atoms with E-state index in [9.17, 15) is 8.42 Å². The van der Waals surface area contributed by atoms with Crippen LogP contribution in [-0.2, 0) is 10.0 Å². The molecule has 0 aliphatic heterocycles. The number of halogens is 1. The first-order valence-electron chi connectivity index (χ1n) is 7.12. The second-order valence-corrected chi connectivity index (χ2v) is 7.25. The number of nitrogens with zero attached hydrogens (tertiary/aromatic N) is 2. The van der Waals surface area contributed by atoms with Crippen LogP contribution >= 0.6 is 11.6 Å².